The molecule has 0 radical (unpaired) electrons. The summed E-state index contributed by atoms with van der Waals surface area (Å²) in [7, 11) is 1.50. The van der Waals surface area contributed by atoms with Gasteiger partial charge in [0.05, 0.1) is 6.54 Å². The van der Waals surface area contributed by atoms with Gasteiger partial charge in [-0.1, -0.05) is 37.1 Å². The molecule has 0 aliphatic rings. The Balaban J connectivity index is 2.96. The summed E-state index contributed by atoms with van der Waals surface area (Å²) in [6, 6.07) is 4.50. The summed E-state index contributed by atoms with van der Waals surface area (Å²) in [4.78, 5) is 0. The molecule has 1 aromatic rings. The fourth-order valence-corrected chi connectivity index (χ4v) is 1.85. The van der Waals surface area contributed by atoms with Gasteiger partial charge < -0.3 is 5.32 Å². The van der Waals surface area contributed by atoms with E-state index >= 15 is 0 Å². The Labute approximate surface area is 99.8 Å². The predicted octanol–water partition coefficient (Wildman–Crippen LogP) is 3.60. The molecule has 1 nitrogen and oxygen atoms in total. The molecule has 0 saturated carbocycles. The van der Waals surface area contributed by atoms with Crippen molar-refractivity contribution in [1.82, 2.24) is 5.32 Å². The average molecular weight is 248 g/mol. The molecule has 0 atom stereocenters. The number of rotatable bonds is 5. The Morgan fingerprint density at radius 3 is 2.56 bits per heavy atom. The van der Waals surface area contributed by atoms with Gasteiger partial charge in [-0.3, -0.25) is 0 Å². The van der Waals surface area contributed by atoms with E-state index in [1.165, 1.54) is 19.2 Å². The van der Waals surface area contributed by atoms with Crippen LogP contribution in [0.1, 0.15) is 24.5 Å². The highest BCUT2D eigenvalue weighted by atomic mass is 35.5. The van der Waals surface area contributed by atoms with Crippen LogP contribution in [0.15, 0.2) is 18.2 Å². The van der Waals surface area contributed by atoms with E-state index in [2.05, 4.69) is 5.32 Å². The van der Waals surface area contributed by atoms with Gasteiger partial charge in [0.1, 0.15) is 0 Å². The van der Waals surface area contributed by atoms with Crippen LogP contribution in [-0.4, -0.2) is 13.6 Å². The highest BCUT2D eigenvalue weighted by molar-refractivity contribution is 6.31. The quantitative estimate of drug-likeness (QED) is 0.838. The smallest absolute Gasteiger partial charge is 0.285 e. The molecule has 0 bridgehead atoms. The van der Waals surface area contributed by atoms with Crippen LogP contribution in [0.3, 0.4) is 0 Å². The molecule has 0 saturated heterocycles. The third-order valence-electron chi connectivity index (χ3n) is 2.39. The second-order valence-electron chi connectivity index (χ2n) is 3.79. The molecule has 0 aliphatic carbocycles. The Kier molecular flexibility index (Phi) is 4.69. The van der Waals surface area contributed by atoms with Crippen LogP contribution in [0.5, 0.6) is 0 Å². The van der Waals surface area contributed by atoms with Gasteiger partial charge in [-0.25, -0.2) is 0 Å². The molecule has 1 aromatic carbocycles. The average Bonchev–Trinajstić information content (AvgIpc) is 2.21. The zero-order chi connectivity index (χ0) is 12.2. The first kappa shape index (κ1) is 13.4. The van der Waals surface area contributed by atoms with Crippen LogP contribution < -0.4 is 5.32 Å². The summed E-state index contributed by atoms with van der Waals surface area (Å²) in [5.41, 5.74) is 0.889. The molecule has 0 aliphatic heterocycles. The molecule has 0 amide bonds. The molecule has 1 N–H and O–H groups in total. The Morgan fingerprint density at radius 2 is 2.06 bits per heavy atom. The Hall–Kier alpha value is -0.670. The van der Waals surface area contributed by atoms with E-state index < -0.39 is 5.92 Å². The van der Waals surface area contributed by atoms with E-state index in [0.717, 1.165) is 18.4 Å². The lowest BCUT2D eigenvalue weighted by Gasteiger charge is -2.17. The van der Waals surface area contributed by atoms with Gasteiger partial charge in [0.2, 0.25) is 0 Å². The maximum absolute atomic E-state index is 13.5. The third-order valence-corrected chi connectivity index (χ3v) is 2.75. The van der Waals surface area contributed by atoms with Crippen LogP contribution >= 0.6 is 11.6 Å². The van der Waals surface area contributed by atoms with Crippen LogP contribution in [0.2, 0.25) is 5.02 Å². The summed E-state index contributed by atoms with van der Waals surface area (Å²) in [5, 5.41) is 2.90. The van der Waals surface area contributed by atoms with Gasteiger partial charge in [-0.2, -0.15) is 8.78 Å². The summed E-state index contributed by atoms with van der Waals surface area (Å²) in [6.07, 6.45) is 1.77. The molecule has 0 fully saturated rings. The second kappa shape index (κ2) is 5.60. The number of alkyl halides is 2. The van der Waals surface area contributed by atoms with Crippen LogP contribution in [0.4, 0.5) is 8.78 Å². The number of aryl methyl sites for hydroxylation is 1. The molecule has 0 unspecified atom stereocenters. The predicted molar refractivity (Wildman–Crippen MR) is 63.3 cm³/mol. The molecule has 90 valence electrons. The van der Waals surface area contributed by atoms with Gasteiger partial charge in [-0.05, 0) is 25.1 Å². The van der Waals surface area contributed by atoms with Gasteiger partial charge >= 0.3 is 0 Å². The number of hydrogen-bond donors (Lipinski definition) is 1. The second-order valence-corrected chi connectivity index (χ2v) is 4.20. The molecular weight excluding hydrogens is 232 g/mol. The minimum absolute atomic E-state index is 0.0355. The van der Waals surface area contributed by atoms with E-state index in [4.69, 9.17) is 11.6 Å². The zero-order valence-corrected chi connectivity index (χ0v) is 10.2. The standard InChI is InChI=1S/C12H16ClF2N/c1-3-4-9-5-6-10(7-11(9)13)12(14,15)8-16-2/h5-7,16H,3-4,8H2,1-2H3. The topological polar surface area (TPSA) is 12.0 Å². The minimum Gasteiger partial charge on any atom is -0.314 e. The largest absolute Gasteiger partial charge is 0.314 e. The van der Waals surface area contributed by atoms with Gasteiger partial charge in [0, 0.05) is 10.6 Å². The highest BCUT2D eigenvalue weighted by Gasteiger charge is 2.30. The van der Waals surface area contributed by atoms with Crippen molar-refractivity contribution in [3.8, 4) is 0 Å². The van der Waals surface area contributed by atoms with E-state index in [0.29, 0.717) is 5.02 Å². The number of hydrogen-bond acceptors (Lipinski definition) is 1. The molecule has 16 heavy (non-hydrogen) atoms. The molecule has 0 spiro atoms. The normalized spacial score (nSPS) is 11.8. The van der Waals surface area contributed by atoms with E-state index in [1.807, 2.05) is 6.92 Å². The number of nitrogens with one attached hydrogen (secondary N) is 1. The van der Waals surface area contributed by atoms with Crippen molar-refractivity contribution >= 4 is 11.6 Å². The molecule has 4 heteroatoms. The first-order chi connectivity index (χ1) is 7.51. The van der Waals surface area contributed by atoms with Crippen LogP contribution in [0.25, 0.3) is 0 Å². The lowest BCUT2D eigenvalue weighted by Crippen LogP contribution is -2.28. The first-order valence-corrected chi connectivity index (χ1v) is 5.70. The van der Waals surface area contributed by atoms with E-state index in [1.54, 1.807) is 6.07 Å². The summed E-state index contributed by atoms with van der Waals surface area (Å²) in [5.74, 6) is -2.87. The van der Waals surface area contributed by atoms with Crippen molar-refractivity contribution in [3.05, 3.63) is 34.3 Å². The zero-order valence-electron chi connectivity index (χ0n) is 9.49. The summed E-state index contributed by atoms with van der Waals surface area (Å²) >= 11 is 5.96. The number of likely N-dealkylation sites (N-methyl/N-ethyl adjacent to an activating group) is 1. The van der Waals surface area contributed by atoms with Crippen LogP contribution in [-0.2, 0) is 12.3 Å². The molecule has 0 aromatic heterocycles. The Bertz CT molecular complexity index is 353. The van der Waals surface area contributed by atoms with Crippen molar-refractivity contribution in [2.75, 3.05) is 13.6 Å². The van der Waals surface area contributed by atoms with Crippen molar-refractivity contribution in [2.24, 2.45) is 0 Å². The van der Waals surface area contributed by atoms with Crippen LogP contribution in [0, 0.1) is 0 Å². The fraction of sp³-hybridized carbons (Fsp3) is 0.500. The van der Waals surface area contributed by atoms with Gasteiger partial charge in [-0.15, -0.1) is 0 Å². The third kappa shape index (κ3) is 3.16. The van der Waals surface area contributed by atoms with E-state index in [-0.39, 0.29) is 12.1 Å². The molecular formula is C12H16ClF2N. The summed E-state index contributed by atoms with van der Waals surface area (Å²) in [6.45, 7) is 1.65. The highest BCUT2D eigenvalue weighted by Crippen LogP contribution is 2.30. The molecule has 1 rings (SSSR count). The minimum atomic E-state index is -2.87. The van der Waals surface area contributed by atoms with Crippen molar-refractivity contribution in [3.63, 3.8) is 0 Å². The Morgan fingerprint density at radius 1 is 1.38 bits per heavy atom. The number of benzene rings is 1. The fourth-order valence-electron chi connectivity index (χ4n) is 1.57. The lowest BCUT2D eigenvalue weighted by molar-refractivity contribution is -0.00125. The van der Waals surface area contributed by atoms with E-state index in [9.17, 15) is 8.78 Å². The monoisotopic (exact) mass is 247 g/mol. The van der Waals surface area contributed by atoms with Crippen molar-refractivity contribution in [2.45, 2.75) is 25.7 Å². The SMILES string of the molecule is CCCc1ccc(C(F)(F)CNC)cc1Cl. The maximum atomic E-state index is 13.5. The number of halogens is 3. The summed E-state index contributed by atoms with van der Waals surface area (Å²) < 4.78 is 27.1. The lowest BCUT2D eigenvalue weighted by atomic mass is 10.0. The first-order valence-electron chi connectivity index (χ1n) is 5.32. The maximum Gasteiger partial charge on any atom is 0.285 e. The van der Waals surface area contributed by atoms with Gasteiger partial charge in [0.15, 0.2) is 0 Å². The van der Waals surface area contributed by atoms with Crippen molar-refractivity contribution < 1.29 is 8.78 Å². The molecule has 0 heterocycles. The van der Waals surface area contributed by atoms with Gasteiger partial charge in [0.25, 0.3) is 5.92 Å². The van der Waals surface area contributed by atoms with Crippen molar-refractivity contribution in [1.29, 1.82) is 0 Å².